The van der Waals surface area contributed by atoms with Gasteiger partial charge in [-0.25, -0.2) is 0 Å². The molecule has 2 aromatic heterocycles. The molecule has 1 aliphatic heterocycles. The first-order valence-corrected chi connectivity index (χ1v) is 11.0. The van der Waals surface area contributed by atoms with Crippen LogP contribution in [0.15, 0.2) is 40.4 Å². The van der Waals surface area contributed by atoms with Crippen LogP contribution < -0.4 is 15.4 Å². The lowest BCUT2D eigenvalue weighted by atomic mass is 9.94. The van der Waals surface area contributed by atoms with Crippen LogP contribution in [0.2, 0.25) is 0 Å². The average Bonchev–Trinajstić information content (AvgIpc) is 3.42. The Hall–Kier alpha value is -4.34. The number of hydrogen-bond acceptors (Lipinski definition) is 7. The van der Waals surface area contributed by atoms with E-state index >= 15 is 0 Å². The van der Waals surface area contributed by atoms with E-state index in [0.717, 1.165) is 0 Å². The van der Waals surface area contributed by atoms with Gasteiger partial charge in [0.2, 0.25) is 0 Å². The number of H-pyrrole nitrogens is 1. The summed E-state index contributed by atoms with van der Waals surface area (Å²) in [6, 6.07) is 7.41. The standard InChI is InChI=1S/C25H26N4O6/c1-11(2)34-16-8-6-15(7-9-16)21-19(22(30)18-13(4)20(24(26)32)27-14(18)5)23(31)25(33)29(21)17-10-12(3)35-28-17/h6-11,21,27,30H,1-5H3,(H2,26,32)/b22-19+. The fraction of sp³-hybridized carbons (Fsp3) is 0.280. The van der Waals surface area contributed by atoms with Crippen LogP contribution in [0.5, 0.6) is 5.75 Å². The maximum Gasteiger partial charge on any atom is 0.301 e. The molecule has 4 N–H and O–H groups in total. The number of nitrogens with zero attached hydrogens (tertiary/aromatic N) is 2. The van der Waals surface area contributed by atoms with Gasteiger partial charge in [0.15, 0.2) is 5.82 Å². The van der Waals surface area contributed by atoms with Gasteiger partial charge in [-0.1, -0.05) is 17.3 Å². The molecule has 1 saturated heterocycles. The number of nitrogens with one attached hydrogen (secondary N) is 1. The minimum absolute atomic E-state index is 0.0383. The second-order valence-electron chi connectivity index (χ2n) is 8.69. The molecule has 3 heterocycles. The number of benzene rings is 1. The normalized spacial score (nSPS) is 17.4. The number of aromatic amines is 1. The summed E-state index contributed by atoms with van der Waals surface area (Å²) in [6.45, 7) is 8.70. The number of carbonyl (C=O) groups excluding carboxylic acids is 3. The van der Waals surface area contributed by atoms with Crippen LogP contribution in [0.4, 0.5) is 5.82 Å². The summed E-state index contributed by atoms with van der Waals surface area (Å²) in [5.41, 5.74) is 6.98. The smallest absolute Gasteiger partial charge is 0.301 e. The van der Waals surface area contributed by atoms with Crippen molar-refractivity contribution >= 4 is 29.2 Å². The first-order chi connectivity index (χ1) is 16.5. The molecule has 1 unspecified atom stereocenters. The molecule has 1 atom stereocenters. The van der Waals surface area contributed by atoms with Crippen molar-refractivity contribution in [1.82, 2.24) is 10.1 Å². The van der Waals surface area contributed by atoms with Crippen LogP contribution in [-0.2, 0) is 9.59 Å². The van der Waals surface area contributed by atoms with Crippen molar-refractivity contribution in [2.45, 2.75) is 46.8 Å². The second kappa shape index (κ2) is 8.79. The van der Waals surface area contributed by atoms with Crippen molar-refractivity contribution in [2.24, 2.45) is 5.73 Å². The molecule has 3 aromatic rings. The van der Waals surface area contributed by atoms with Gasteiger partial charge in [0.1, 0.15) is 23.0 Å². The number of ether oxygens (including phenoxy) is 1. The molecule has 1 aromatic carbocycles. The largest absolute Gasteiger partial charge is 0.507 e. The fourth-order valence-corrected chi connectivity index (χ4v) is 4.34. The van der Waals surface area contributed by atoms with E-state index < -0.39 is 29.4 Å². The van der Waals surface area contributed by atoms with E-state index in [-0.39, 0.29) is 28.8 Å². The van der Waals surface area contributed by atoms with E-state index in [2.05, 4.69) is 10.1 Å². The number of anilines is 1. The Bertz CT molecular complexity index is 1360. The topological polar surface area (TPSA) is 152 Å². The summed E-state index contributed by atoms with van der Waals surface area (Å²) >= 11 is 0. The van der Waals surface area contributed by atoms with Crippen LogP contribution in [0.25, 0.3) is 5.76 Å². The molecular formula is C25H26N4O6. The van der Waals surface area contributed by atoms with E-state index in [0.29, 0.717) is 28.3 Å². The van der Waals surface area contributed by atoms with Gasteiger partial charge in [-0.3, -0.25) is 19.3 Å². The first kappa shape index (κ1) is 23.8. The molecule has 1 aliphatic rings. The number of aliphatic hydroxyl groups is 1. The zero-order valence-electron chi connectivity index (χ0n) is 20.0. The van der Waals surface area contributed by atoms with Crippen molar-refractivity contribution in [3.05, 3.63) is 69.7 Å². The molecule has 2 amide bonds. The van der Waals surface area contributed by atoms with Crippen LogP contribution in [0.3, 0.4) is 0 Å². The maximum absolute atomic E-state index is 13.3. The highest BCUT2D eigenvalue weighted by Crippen LogP contribution is 2.43. The van der Waals surface area contributed by atoms with Crippen molar-refractivity contribution in [2.75, 3.05) is 4.90 Å². The Labute approximate surface area is 201 Å². The number of hydrogen-bond donors (Lipinski definition) is 3. The highest BCUT2D eigenvalue weighted by molar-refractivity contribution is 6.51. The molecule has 182 valence electrons. The predicted molar refractivity (Wildman–Crippen MR) is 127 cm³/mol. The number of aryl methyl sites for hydroxylation is 2. The SMILES string of the molecule is Cc1cc(N2C(=O)C(=O)/C(=C(/O)c3c(C)[nH]c(C(N)=O)c3C)C2c2ccc(OC(C)C)cc2)no1. The van der Waals surface area contributed by atoms with Gasteiger partial charge in [-0.15, -0.1) is 0 Å². The van der Waals surface area contributed by atoms with Crippen LogP contribution in [-0.4, -0.2) is 38.9 Å². The number of aromatic nitrogens is 2. The fourth-order valence-electron chi connectivity index (χ4n) is 4.34. The van der Waals surface area contributed by atoms with Gasteiger partial charge >= 0.3 is 5.91 Å². The summed E-state index contributed by atoms with van der Waals surface area (Å²) in [7, 11) is 0. The van der Waals surface area contributed by atoms with E-state index in [4.69, 9.17) is 15.0 Å². The Morgan fingerprint density at radius 2 is 1.86 bits per heavy atom. The minimum atomic E-state index is -1.00. The predicted octanol–water partition coefficient (Wildman–Crippen LogP) is 3.44. The number of primary amides is 1. The minimum Gasteiger partial charge on any atom is -0.507 e. The molecule has 10 nitrogen and oxygen atoms in total. The maximum atomic E-state index is 13.3. The third-order valence-electron chi connectivity index (χ3n) is 5.80. The highest BCUT2D eigenvalue weighted by atomic mass is 16.5. The van der Waals surface area contributed by atoms with E-state index in [9.17, 15) is 19.5 Å². The Kier molecular flexibility index (Phi) is 5.98. The number of rotatable bonds is 6. The Balaban J connectivity index is 1.93. The average molecular weight is 479 g/mol. The first-order valence-electron chi connectivity index (χ1n) is 11.0. The quantitative estimate of drug-likeness (QED) is 0.279. The van der Waals surface area contributed by atoms with Crippen molar-refractivity contribution in [3.63, 3.8) is 0 Å². The van der Waals surface area contributed by atoms with Gasteiger partial charge < -0.3 is 25.1 Å². The number of nitrogens with two attached hydrogens (primary N) is 1. The van der Waals surface area contributed by atoms with Crippen molar-refractivity contribution < 1.29 is 28.8 Å². The molecule has 0 bridgehead atoms. The summed E-state index contributed by atoms with van der Waals surface area (Å²) in [6.07, 6.45) is -0.0383. The van der Waals surface area contributed by atoms with Gasteiger partial charge in [0.05, 0.1) is 17.7 Å². The zero-order chi connectivity index (χ0) is 25.6. The van der Waals surface area contributed by atoms with Gasteiger partial charge in [0, 0.05) is 17.3 Å². The van der Waals surface area contributed by atoms with E-state index in [1.54, 1.807) is 45.0 Å². The molecule has 4 rings (SSSR count). The highest BCUT2D eigenvalue weighted by Gasteiger charge is 2.48. The van der Waals surface area contributed by atoms with Gasteiger partial charge in [-0.05, 0) is 57.9 Å². The van der Waals surface area contributed by atoms with Crippen molar-refractivity contribution in [3.8, 4) is 5.75 Å². The second-order valence-corrected chi connectivity index (χ2v) is 8.69. The molecule has 0 radical (unpaired) electrons. The van der Waals surface area contributed by atoms with Crippen LogP contribution in [0, 0.1) is 20.8 Å². The summed E-state index contributed by atoms with van der Waals surface area (Å²) in [5.74, 6) is -1.69. The monoisotopic (exact) mass is 478 g/mol. The molecular weight excluding hydrogens is 452 g/mol. The van der Waals surface area contributed by atoms with Gasteiger partial charge in [-0.2, -0.15) is 0 Å². The number of amides is 2. The lowest BCUT2D eigenvalue weighted by Gasteiger charge is -2.23. The van der Waals surface area contributed by atoms with Crippen LogP contribution >= 0.6 is 0 Å². The summed E-state index contributed by atoms with van der Waals surface area (Å²) in [5, 5.41) is 15.3. The molecule has 0 spiro atoms. The number of ketones is 1. The summed E-state index contributed by atoms with van der Waals surface area (Å²) in [4.78, 5) is 42.3. The molecule has 1 fully saturated rings. The summed E-state index contributed by atoms with van der Waals surface area (Å²) < 4.78 is 10.9. The Morgan fingerprint density at radius 3 is 2.37 bits per heavy atom. The molecule has 0 aliphatic carbocycles. The van der Waals surface area contributed by atoms with Gasteiger partial charge in [0.25, 0.3) is 11.7 Å². The lowest BCUT2D eigenvalue weighted by Crippen LogP contribution is -2.29. The molecule has 35 heavy (non-hydrogen) atoms. The van der Waals surface area contributed by atoms with Crippen LogP contribution in [0.1, 0.15) is 58.5 Å². The zero-order valence-corrected chi connectivity index (χ0v) is 20.0. The third kappa shape index (κ3) is 4.07. The lowest BCUT2D eigenvalue weighted by molar-refractivity contribution is -0.132. The number of Topliss-reactive ketones (excluding diaryl/α,β-unsaturated/α-hetero) is 1. The molecule has 0 saturated carbocycles. The van der Waals surface area contributed by atoms with E-state index in [1.165, 1.54) is 11.0 Å². The molecule has 10 heteroatoms. The number of aliphatic hydroxyl groups excluding tert-OH is 1. The van der Waals surface area contributed by atoms with Crippen molar-refractivity contribution in [1.29, 1.82) is 0 Å². The number of carbonyl (C=O) groups is 3. The Morgan fingerprint density at radius 1 is 1.20 bits per heavy atom. The third-order valence-corrected chi connectivity index (χ3v) is 5.80. The van der Waals surface area contributed by atoms with E-state index in [1.807, 2.05) is 13.8 Å².